The third-order valence-corrected chi connectivity index (χ3v) is 8.43. The molecule has 3 N–H and O–H groups in total. The molecule has 5 rings (SSSR count). The highest BCUT2D eigenvalue weighted by molar-refractivity contribution is 6.01. The molecule has 0 bridgehead atoms. The van der Waals surface area contributed by atoms with Crippen LogP contribution >= 0.6 is 0 Å². The SMILES string of the molecule is COc1cccc2[nH]c(C(=O)N3C[C@H](C4CCCC4)C[C@H]3C(=O)N[C@H](C#N)C[C@@H]3CCCNC3=O)cc12. The second kappa shape index (κ2) is 10.8. The van der Waals surface area contributed by atoms with Crippen molar-refractivity contribution in [3.8, 4) is 11.8 Å². The van der Waals surface area contributed by atoms with Crippen molar-refractivity contribution in [2.24, 2.45) is 17.8 Å². The lowest BCUT2D eigenvalue weighted by molar-refractivity contribution is -0.128. The van der Waals surface area contributed by atoms with Gasteiger partial charge in [-0.15, -0.1) is 0 Å². The summed E-state index contributed by atoms with van der Waals surface area (Å²) in [5.74, 6) is 0.557. The summed E-state index contributed by atoms with van der Waals surface area (Å²) in [5.41, 5.74) is 1.21. The molecule has 2 aliphatic heterocycles. The van der Waals surface area contributed by atoms with Crippen LogP contribution in [0.15, 0.2) is 24.3 Å². The molecular weight excluding hydrogens is 470 g/mol. The maximum absolute atomic E-state index is 13.8. The Balaban J connectivity index is 1.35. The largest absolute Gasteiger partial charge is 0.496 e. The van der Waals surface area contributed by atoms with Crippen molar-refractivity contribution < 1.29 is 19.1 Å². The molecule has 9 nitrogen and oxygen atoms in total. The van der Waals surface area contributed by atoms with Gasteiger partial charge in [-0.25, -0.2) is 0 Å². The molecule has 3 aliphatic rings. The van der Waals surface area contributed by atoms with Gasteiger partial charge in [-0.1, -0.05) is 31.7 Å². The van der Waals surface area contributed by atoms with E-state index in [-0.39, 0.29) is 36.0 Å². The molecule has 9 heteroatoms. The maximum atomic E-state index is 13.8. The number of nitrogens with one attached hydrogen (secondary N) is 3. The van der Waals surface area contributed by atoms with Gasteiger partial charge in [0.1, 0.15) is 23.5 Å². The predicted molar refractivity (Wildman–Crippen MR) is 138 cm³/mol. The molecule has 0 radical (unpaired) electrons. The Morgan fingerprint density at radius 3 is 2.76 bits per heavy atom. The van der Waals surface area contributed by atoms with Crippen LogP contribution in [0.3, 0.4) is 0 Å². The van der Waals surface area contributed by atoms with Crippen molar-refractivity contribution in [3.05, 3.63) is 30.0 Å². The zero-order chi connectivity index (χ0) is 25.9. The van der Waals surface area contributed by atoms with Crippen LogP contribution in [0.4, 0.5) is 0 Å². The molecule has 0 unspecified atom stereocenters. The summed E-state index contributed by atoms with van der Waals surface area (Å²) >= 11 is 0. The highest BCUT2D eigenvalue weighted by Crippen LogP contribution is 2.39. The molecule has 1 saturated carbocycles. The van der Waals surface area contributed by atoms with E-state index in [1.165, 1.54) is 12.8 Å². The number of benzene rings is 1. The van der Waals surface area contributed by atoms with Crippen molar-refractivity contribution in [2.75, 3.05) is 20.2 Å². The molecule has 3 fully saturated rings. The number of amides is 3. The van der Waals surface area contributed by atoms with Crippen LogP contribution in [0.5, 0.6) is 5.75 Å². The van der Waals surface area contributed by atoms with E-state index in [1.54, 1.807) is 18.1 Å². The number of nitrogens with zero attached hydrogens (tertiary/aromatic N) is 2. The third kappa shape index (κ3) is 5.15. The average molecular weight is 506 g/mol. The summed E-state index contributed by atoms with van der Waals surface area (Å²) in [6, 6.07) is 8.12. The van der Waals surface area contributed by atoms with Crippen molar-refractivity contribution in [3.63, 3.8) is 0 Å². The zero-order valence-electron chi connectivity index (χ0n) is 21.3. The molecule has 3 heterocycles. The van der Waals surface area contributed by atoms with Crippen molar-refractivity contribution in [2.45, 2.75) is 63.5 Å². The number of likely N-dealkylation sites (tertiary alicyclic amines) is 1. The standard InChI is InChI=1S/C28H35N5O4/c1-37-25-10-4-9-22-21(25)14-23(32-22)28(36)33-16-19(17-6-2-3-7-17)13-24(33)27(35)31-20(15-29)12-18-8-5-11-30-26(18)34/h4,9-10,14,17-20,24,32H,2-3,5-8,11-13,16H2,1H3,(H,30,34)(H,31,35)/t18-,19+,20-,24-/m0/s1. The van der Waals surface area contributed by atoms with E-state index >= 15 is 0 Å². The van der Waals surface area contributed by atoms with Crippen LogP contribution in [-0.4, -0.2) is 59.9 Å². The summed E-state index contributed by atoms with van der Waals surface area (Å²) in [7, 11) is 1.60. The number of hydrogen-bond donors (Lipinski definition) is 3. The normalized spacial score (nSPS) is 25.0. The van der Waals surface area contributed by atoms with Crippen LogP contribution in [-0.2, 0) is 9.59 Å². The molecule has 1 aromatic heterocycles. The van der Waals surface area contributed by atoms with Crippen molar-refractivity contribution in [1.29, 1.82) is 5.26 Å². The number of ether oxygens (including phenoxy) is 1. The number of nitriles is 1. The topological polar surface area (TPSA) is 127 Å². The number of piperidine rings is 1. The lowest BCUT2D eigenvalue weighted by Gasteiger charge is -2.27. The zero-order valence-corrected chi connectivity index (χ0v) is 21.3. The highest BCUT2D eigenvalue weighted by Gasteiger charge is 2.44. The summed E-state index contributed by atoms with van der Waals surface area (Å²) < 4.78 is 5.45. The van der Waals surface area contributed by atoms with E-state index in [0.717, 1.165) is 30.2 Å². The fraction of sp³-hybridized carbons (Fsp3) is 0.571. The van der Waals surface area contributed by atoms with E-state index in [4.69, 9.17) is 4.74 Å². The summed E-state index contributed by atoms with van der Waals surface area (Å²) in [5, 5.41) is 16.3. The Labute approximate surface area is 216 Å². The monoisotopic (exact) mass is 505 g/mol. The van der Waals surface area contributed by atoms with Gasteiger partial charge in [-0.3, -0.25) is 14.4 Å². The lowest BCUT2D eigenvalue weighted by atomic mass is 9.88. The van der Waals surface area contributed by atoms with Crippen molar-refractivity contribution in [1.82, 2.24) is 20.5 Å². The van der Waals surface area contributed by atoms with E-state index < -0.39 is 12.1 Å². The van der Waals surface area contributed by atoms with E-state index in [0.29, 0.717) is 43.3 Å². The summed E-state index contributed by atoms with van der Waals surface area (Å²) in [6.07, 6.45) is 7.08. The first-order valence-electron chi connectivity index (χ1n) is 13.4. The van der Waals surface area contributed by atoms with Gasteiger partial charge >= 0.3 is 0 Å². The molecular formula is C28H35N5O4. The number of carbonyl (C=O) groups excluding carboxylic acids is 3. The smallest absolute Gasteiger partial charge is 0.270 e. The number of H-pyrrole nitrogens is 1. The maximum Gasteiger partial charge on any atom is 0.270 e. The first kappa shape index (κ1) is 25.1. The first-order valence-corrected chi connectivity index (χ1v) is 13.4. The Bertz CT molecular complexity index is 1210. The quantitative estimate of drug-likeness (QED) is 0.533. The van der Waals surface area contributed by atoms with E-state index in [9.17, 15) is 19.6 Å². The molecule has 196 valence electrons. The minimum Gasteiger partial charge on any atom is -0.496 e. The first-order chi connectivity index (χ1) is 18.0. The van der Waals surface area contributed by atoms with Crippen LogP contribution in [0.1, 0.15) is 61.9 Å². The number of aromatic amines is 1. The fourth-order valence-corrected chi connectivity index (χ4v) is 6.44. The molecule has 1 aliphatic carbocycles. The van der Waals surface area contributed by atoms with Crippen LogP contribution in [0.2, 0.25) is 0 Å². The van der Waals surface area contributed by atoms with Crippen molar-refractivity contribution >= 4 is 28.6 Å². The number of rotatable bonds is 7. The fourth-order valence-electron chi connectivity index (χ4n) is 6.44. The number of carbonyl (C=O) groups is 3. The second-order valence-corrected chi connectivity index (χ2v) is 10.7. The predicted octanol–water partition coefficient (Wildman–Crippen LogP) is 3.12. The molecule has 2 aromatic rings. The van der Waals surface area contributed by atoms with Crippen LogP contribution in [0.25, 0.3) is 10.9 Å². The summed E-state index contributed by atoms with van der Waals surface area (Å²) in [4.78, 5) is 44.4. The molecule has 3 amide bonds. The van der Waals surface area contributed by atoms with Gasteiger partial charge in [0.25, 0.3) is 5.91 Å². The van der Waals surface area contributed by atoms with E-state index in [2.05, 4.69) is 21.7 Å². The van der Waals surface area contributed by atoms with Gasteiger partial charge in [0.05, 0.1) is 13.2 Å². The number of hydrogen-bond acceptors (Lipinski definition) is 5. The Morgan fingerprint density at radius 2 is 2.03 bits per heavy atom. The van der Waals surface area contributed by atoms with Gasteiger partial charge in [0.2, 0.25) is 11.8 Å². The minimum atomic E-state index is -0.777. The van der Waals surface area contributed by atoms with Gasteiger partial charge in [0.15, 0.2) is 0 Å². The third-order valence-electron chi connectivity index (χ3n) is 8.43. The molecule has 0 spiro atoms. The number of aromatic nitrogens is 1. The minimum absolute atomic E-state index is 0.0612. The van der Waals surface area contributed by atoms with Gasteiger partial charge < -0.3 is 25.3 Å². The molecule has 2 saturated heterocycles. The summed E-state index contributed by atoms with van der Waals surface area (Å²) in [6.45, 7) is 1.18. The molecule has 1 aromatic carbocycles. The van der Waals surface area contributed by atoms with Gasteiger partial charge in [-0.2, -0.15) is 5.26 Å². The van der Waals surface area contributed by atoms with Gasteiger partial charge in [0, 0.05) is 29.9 Å². The average Bonchev–Trinajstić information content (AvgIpc) is 3.68. The van der Waals surface area contributed by atoms with Crippen LogP contribution < -0.4 is 15.4 Å². The number of fused-ring (bicyclic) bond motifs is 1. The Morgan fingerprint density at radius 1 is 1.22 bits per heavy atom. The molecule has 37 heavy (non-hydrogen) atoms. The molecule has 4 atom stereocenters. The van der Waals surface area contributed by atoms with Gasteiger partial charge in [-0.05, 0) is 55.7 Å². The number of methoxy groups -OCH3 is 1. The highest BCUT2D eigenvalue weighted by atomic mass is 16.5. The van der Waals surface area contributed by atoms with E-state index in [1.807, 2.05) is 18.2 Å². The lowest BCUT2D eigenvalue weighted by Crippen LogP contribution is -2.49. The second-order valence-electron chi connectivity index (χ2n) is 10.7. The Kier molecular flexibility index (Phi) is 7.36. The Hall–Kier alpha value is -3.54. The van der Waals surface area contributed by atoms with Crippen LogP contribution in [0, 0.1) is 29.1 Å².